The normalized spacial score (nSPS) is 10.1. The van der Waals surface area contributed by atoms with Gasteiger partial charge in [-0.15, -0.1) is 11.3 Å². The van der Waals surface area contributed by atoms with Crippen LogP contribution in [0.4, 0.5) is 5.95 Å². The molecule has 0 saturated carbocycles. The number of nitrogens with one attached hydrogen (secondary N) is 1. The van der Waals surface area contributed by atoms with E-state index in [1.807, 2.05) is 0 Å². The van der Waals surface area contributed by atoms with Gasteiger partial charge in [-0.1, -0.05) is 0 Å². The van der Waals surface area contributed by atoms with Gasteiger partial charge in [0.25, 0.3) is 0 Å². The summed E-state index contributed by atoms with van der Waals surface area (Å²) in [6.45, 7) is 0. The summed E-state index contributed by atoms with van der Waals surface area (Å²) in [5.74, 6) is -0.503. The molecule has 2 aromatic heterocycles. The van der Waals surface area contributed by atoms with Crippen LogP contribution in [0.15, 0.2) is 18.5 Å². The lowest BCUT2D eigenvalue weighted by atomic mass is 10.4. The van der Waals surface area contributed by atoms with E-state index < -0.39 is 5.97 Å². The number of anilines is 1. The molecular formula is C9H8N4O2S. The second-order valence-electron chi connectivity index (χ2n) is 2.85. The first-order valence-corrected chi connectivity index (χ1v) is 5.22. The Morgan fingerprint density at radius 3 is 2.94 bits per heavy atom. The number of aromatic carboxylic acids is 1. The number of carboxylic acids is 1. The molecule has 2 aromatic rings. The fourth-order valence-electron chi connectivity index (χ4n) is 1.09. The Labute approximate surface area is 95.0 Å². The van der Waals surface area contributed by atoms with Crippen LogP contribution < -0.4 is 5.32 Å². The Hall–Kier alpha value is -2.02. The summed E-state index contributed by atoms with van der Waals surface area (Å²) in [5, 5.41) is 12.1. The van der Waals surface area contributed by atoms with Crippen LogP contribution in [0.25, 0.3) is 10.7 Å². The molecule has 0 amide bonds. The van der Waals surface area contributed by atoms with Crippen molar-refractivity contribution in [1.82, 2.24) is 15.0 Å². The zero-order chi connectivity index (χ0) is 11.5. The quantitative estimate of drug-likeness (QED) is 0.836. The number of aromatic nitrogens is 3. The number of carbonyl (C=O) groups is 1. The van der Waals surface area contributed by atoms with Crippen LogP contribution in [0.5, 0.6) is 0 Å². The van der Waals surface area contributed by atoms with E-state index >= 15 is 0 Å². The van der Waals surface area contributed by atoms with E-state index in [0.717, 1.165) is 11.3 Å². The Kier molecular flexibility index (Phi) is 2.78. The van der Waals surface area contributed by atoms with Crippen LogP contribution in [0.1, 0.15) is 9.67 Å². The highest BCUT2D eigenvalue weighted by Crippen LogP contribution is 2.23. The number of nitrogens with zero attached hydrogens (tertiary/aromatic N) is 3. The Morgan fingerprint density at radius 2 is 2.31 bits per heavy atom. The fourth-order valence-corrected chi connectivity index (χ4v) is 1.81. The van der Waals surface area contributed by atoms with Gasteiger partial charge in [-0.3, -0.25) is 0 Å². The molecule has 16 heavy (non-hydrogen) atoms. The highest BCUT2D eigenvalue weighted by molar-refractivity contribution is 7.16. The van der Waals surface area contributed by atoms with Crippen LogP contribution in [0, 0.1) is 0 Å². The van der Waals surface area contributed by atoms with E-state index in [2.05, 4.69) is 20.3 Å². The second-order valence-corrected chi connectivity index (χ2v) is 3.88. The minimum Gasteiger partial charge on any atom is -0.477 e. The summed E-state index contributed by atoms with van der Waals surface area (Å²) in [4.78, 5) is 23.0. The molecule has 0 bridgehead atoms. The summed E-state index contributed by atoms with van der Waals surface area (Å²) >= 11 is 1.08. The van der Waals surface area contributed by atoms with Crippen molar-refractivity contribution in [3.05, 3.63) is 23.3 Å². The molecule has 0 aliphatic carbocycles. The predicted molar refractivity (Wildman–Crippen MR) is 59.6 cm³/mol. The lowest BCUT2D eigenvalue weighted by molar-refractivity contribution is 0.0702. The van der Waals surface area contributed by atoms with Crippen LogP contribution in [-0.4, -0.2) is 33.1 Å². The lowest BCUT2D eigenvalue weighted by Gasteiger charge is -1.98. The van der Waals surface area contributed by atoms with Crippen molar-refractivity contribution in [2.24, 2.45) is 0 Å². The van der Waals surface area contributed by atoms with Gasteiger partial charge in [0.05, 0.1) is 6.20 Å². The van der Waals surface area contributed by atoms with Crippen LogP contribution in [-0.2, 0) is 0 Å². The Balaban J connectivity index is 2.38. The molecule has 2 rings (SSSR count). The van der Waals surface area contributed by atoms with Crippen molar-refractivity contribution < 1.29 is 9.90 Å². The first-order valence-electron chi connectivity index (χ1n) is 4.41. The fraction of sp³-hybridized carbons (Fsp3) is 0.111. The standard InChI is InChI=1S/C9H8N4O2S/c1-10-9-11-3-2-5(13-9)7-12-4-6(16-7)8(14)15/h2-4H,1H3,(H,14,15)(H,10,11,13). The van der Waals surface area contributed by atoms with Crippen molar-refractivity contribution in [2.75, 3.05) is 12.4 Å². The molecule has 7 heteroatoms. The molecule has 0 atom stereocenters. The summed E-state index contributed by atoms with van der Waals surface area (Å²) in [7, 11) is 1.71. The average molecular weight is 236 g/mol. The van der Waals surface area contributed by atoms with Gasteiger partial charge in [0.2, 0.25) is 5.95 Å². The molecule has 0 aliphatic heterocycles. The molecule has 0 unspecified atom stereocenters. The van der Waals surface area contributed by atoms with Crippen molar-refractivity contribution in [3.8, 4) is 10.7 Å². The molecular weight excluding hydrogens is 228 g/mol. The van der Waals surface area contributed by atoms with E-state index in [9.17, 15) is 4.79 Å². The Bertz CT molecular complexity index is 526. The van der Waals surface area contributed by atoms with Gasteiger partial charge in [-0.05, 0) is 6.07 Å². The smallest absolute Gasteiger partial charge is 0.347 e. The topological polar surface area (TPSA) is 88.0 Å². The number of carboxylic acid groups (broad SMARTS) is 1. The van der Waals surface area contributed by atoms with Crippen molar-refractivity contribution >= 4 is 23.3 Å². The first-order chi connectivity index (χ1) is 7.70. The van der Waals surface area contributed by atoms with E-state index in [0.29, 0.717) is 16.6 Å². The lowest BCUT2D eigenvalue weighted by Crippen LogP contribution is -1.96. The molecule has 0 spiro atoms. The first kappa shape index (κ1) is 10.5. The van der Waals surface area contributed by atoms with Gasteiger partial charge in [0, 0.05) is 13.2 Å². The predicted octanol–water partition coefficient (Wildman–Crippen LogP) is 1.34. The van der Waals surface area contributed by atoms with E-state index in [1.54, 1.807) is 19.3 Å². The maximum atomic E-state index is 10.7. The van der Waals surface area contributed by atoms with Crippen molar-refractivity contribution in [1.29, 1.82) is 0 Å². The summed E-state index contributed by atoms with van der Waals surface area (Å²) < 4.78 is 0. The maximum absolute atomic E-state index is 10.7. The maximum Gasteiger partial charge on any atom is 0.347 e. The minimum atomic E-state index is -0.980. The third-order valence-electron chi connectivity index (χ3n) is 1.81. The average Bonchev–Trinajstić information content (AvgIpc) is 2.78. The second kappa shape index (κ2) is 4.23. The largest absolute Gasteiger partial charge is 0.477 e. The summed E-state index contributed by atoms with van der Waals surface area (Å²) in [5.41, 5.74) is 0.608. The molecule has 2 heterocycles. The molecule has 2 N–H and O–H groups in total. The van der Waals surface area contributed by atoms with Gasteiger partial charge in [0.15, 0.2) is 0 Å². The monoisotopic (exact) mass is 236 g/mol. The van der Waals surface area contributed by atoms with Gasteiger partial charge in [0.1, 0.15) is 15.6 Å². The summed E-state index contributed by atoms with van der Waals surface area (Å²) in [6.07, 6.45) is 2.92. The van der Waals surface area contributed by atoms with Crippen LogP contribution >= 0.6 is 11.3 Å². The molecule has 0 saturated heterocycles. The molecule has 0 fully saturated rings. The van der Waals surface area contributed by atoms with Gasteiger partial charge >= 0.3 is 5.97 Å². The molecule has 0 aliphatic rings. The van der Waals surface area contributed by atoms with Crippen molar-refractivity contribution in [2.45, 2.75) is 0 Å². The van der Waals surface area contributed by atoms with Gasteiger partial charge in [-0.2, -0.15) is 0 Å². The number of rotatable bonds is 3. The highest BCUT2D eigenvalue weighted by Gasteiger charge is 2.11. The number of thiazole rings is 1. The zero-order valence-corrected chi connectivity index (χ0v) is 9.15. The third-order valence-corrected chi connectivity index (χ3v) is 2.82. The molecule has 82 valence electrons. The third kappa shape index (κ3) is 1.98. The minimum absolute atomic E-state index is 0.194. The molecule has 0 radical (unpaired) electrons. The van der Waals surface area contributed by atoms with E-state index in [1.165, 1.54) is 6.20 Å². The summed E-state index contributed by atoms with van der Waals surface area (Å²) in [6, 6.07) is 1.69. The van der Waals surface area contributed by atoms with Crippen molar-refractivity contribution in [3.63, 3.8) is 0 Å². The van der Waals surface area contributed by atoms with E-state index in [4.69, 9.17) is 5.11 Å². The number of hydrogen-bond donors (Lipinski definition) is 2. The number of hydrogen-bond acceptors (Lipinski definition) is 6. The SMILES string of the molecule is CNc1nccc(-c2ncc(C(=O)O)s2)n1. The highest BCUT2D eigenvalue weighted by atomic mass is 32.1. The van der Waals surface area contributed by atoms with Crippen LogP contribution in [0.2, 0.25) is 0 Å². The van der Waals surface area contributed by atoms with Crippen LogP contribution in [0.3, 0.4) is 0 Å². The van der Waals surface area contributed by atoms with Gasteiger partial charge < -0.3 is 10.4 Å². The van der Waals surface area contributed by atoms with Gasteiger partial charge in [-0.25, -0.2) is 19.7 Å². The molecule has 6 nitrogen and oxygen atoms in total. The molecule has 0 aromatic carbocycles. The van der Waals surface area contributed by atoms with E-state index in [-0.39, 0.29) is 4.88 Å². The Morgan fingerprint density at radius 1 is 1.50 bits per heavy atom. The zero-order valence-electron chi connectivity index (χ0n) is 8.34.